The third kappa shape index (κ3) is 5.52. The maximum atomic E-state index is 13.4. The average molecular weight is 573 g/mol. The molecule has 1 aromatic carbocycles. The molecular weight excluding hydrogens is 528 g/mol. The fourth-order valence-corrected chi connectivity index (χ4v) is 7.30. The first-order valence-corrected chi connectivity index (χ1v) is 15.5. The van der Waals surface area contributed by atoms with Gasteiger partial charge >= 0.3 is 0 Å². The predicted molar refractivity (Wildman–Crippen MR) is 165 cm³/mol. The zero-order chi connectivity index (χ0) is 29.5. The third-order valence-corrected chi connectivity index (χ3v) is 10.0. The molecule has 3 fully saturated rings. The average Bonchev–Trinajstić information content (AvgIpc) is 3.46. The molecule has 0 aliphatic carbocycles. The highest BCUT2D eigenvalue weighted by Crippen LogP contribution is 2.38. The van der Waals surface area contributed by atoms with Gasteiger partial charge in [-0.15, -0.1) is 0 Å². The molecule has 4 aliphatic rings. The minimum absolute atomic E-state index is 0.0632. The second-order valence-electron chi connectivity index (χ2n) is 12.6. The highest BCUT2D eigenvalue weighted by molar-refractivity contribution is 6.35. The molecule has 4 aliphatic heterocycles. The largest absolute Gasteiger partial charge is 0.358 e. The summed E-state index contributed by atoms with van der Waals surface area (Å²) in [5.41, 5.74) is 6.98. The second kappa shape index (κ2) is 11.7. The normalized spacial score (nSPS) is 22.1. The highest BCUT2D eigenvalue weighted by Gasteiger charge is 2.32. The first-order valence-electron chi connectivity index (χ1n) is 15.5. The van der Waals surface area contributed by atoms with E-state index in [1.54, 1.807) is 6.92 Å². The van der Waals surface area contributed by atoms with Crippen molar-refractivity contribution in [2.75, 3.05) is 64.7 Å². The molecule has 3 amide bonds. The van der Waals surface area contributed by atoms with Gasteiger partial charge in [-0.3, -0.25) is 14.4 Å². The van der Waals surface area contributed by atoms with Crippen LogP contribution < -0.4 is 5.32 Å². The van der Waals surface area contributed by atoms with E-state index in [1.165, 1.54) is 5.56 Å². The van der Waals surface area contributed by atoms with E-state index < -0.39 is 0 Å². The number of nitrogens with zero attached hydrogens (tertiary/aromatic N) is 4. The lowest BCUT2D eigenvalue weighted by Crippen LogP contribution is -2.48. The topological polar surface area (TPSA) is 92.0 Å². The molecule has 9 nitrogen and oxygen atoms in total. The van der Waals surface area contributed by atoms with E-state index in [2.05, 4.69) is 39.3 Å². The van der Waals surface area contributed by atoms with Crippen LogP contribution in [0.4, 0.5) is 5.69 Å². The number of benzene rings is 1. The molecule has 0 unspecified atom stereocenters. The van der Waals surface area contributed by atoms with Crippen LogP contribution in [0.3, 0.4) is 0 Å². The summed E-state index contributed by atoms with van der Waals surface area (Å²) in [6, 6.07) is 6.98. The minimum Gasteiger partial charge on any atom is -0.358 e. The molecule has 224 valence electrons. The van der Waals surface area contributed by atoms with E-state index in [9.17, 15) is 14.4 Å². The number of H-pyrrole nitrogens is 1. The van der Waals surface area contributed by atoms with Gasteiger partial charge in [-0.2, -0.15) is 0 Å². The van der Waals surface area contributed by atoms with Crippen molar-refractivity contribution in [2.24, 2.45) is 0 Å². The number of amides is 3. The standard InChI is InChI=1S/C33H44N6O3/c1-21-30(34-22(2)31(21)33(42)39-17-15-36(4)16-18-39)20-28-27-19-25(5-6-29(27)35-32(28)41)24-7-11-38(12-8-24)26-9-13-37(14-10-26)23(3)40/h5-6,19-20,24,26,34H,7-18H2,1-4H3,(H,35,41)/b28-20-. The Labute approximate surface area is 248 Å². The number of likely N-dealkylation sites (tertiary alicyclic amines) is 2. The number of carbonyl (C=O) groups is 3. The Morgan fingerprint density at radius 3 is 2.26 bits per heavy atom. The van der Waals surface area contributed by atoms with Crippen LogP contribution in [0.15, 0.2) is 18.2 Å². The third-order valence-electron chi connectivity index (χ3n) is 10.0. The maximum Gasteiger partial charge on any atom is 0.256 e. The molecule has 2 aromatic rings. The molecule has 5 heterocycles. The van der Waals surface area contributed by atoms with Crippen molar-refractivity contribution in [3.63, 3.8) is 0 Å². The van der Waals surface area contributed by atoms with Crippen molar-refractivity contribution < 1.29 is 14.4 Å². The van der Waals surface area contributed by atoms with Crippen molar-refractivity contribution in [2.45, 2.75) is 58.4 Å². The number of aromatic nitrogens is 1. The van der Waals surface area contributed by atoms with Crippen molar-refractivity contribution in [1.29, 1.82) is 0 Å². The van der Waals surface area contributed by atoms with Gasteiger partial charge < -0.3 is 29.9 Å². The highest BCUT2D eigenvalue weighted by atomic mass is 16.2. The number of aryl methyl sites for hydroxylation is 1. The Bertz CT molecular complexity index is 1400. The lowest BCUT2D eigenvalue weighted by atomic mass is 9.86. The number of aromatic amines is 1. The monoisotopic (exact) mass is 572 g/mol. The fraction of sp³-hybridized carbons (Fsp3) is 0.545. The number of rotatable bonds is 4. The zero-order valence-electron chi connectivity index (χ0n) is 25.5. The van der Waals surface area contributed by atoms with Crippen LogP contribution in [0.1, 0.15) is 77.0 Å². The summed E-state index contributed by atoms with van der Waals surface area (Å²) in [6.07, 6.45) is 6.23. The van der Waals surface area contributed by atoms with Gasteiger partial charge in [-0.1, -0.05) is 6.07 Å². The summed E-state index contributed by atoms with van der Waals surface area (Å²) in [4.78, 5) is 50.4. The summed E-state index contributed by atoms with van der Waals surface area (Å²) in [6.45, 7) is 12.7. The Morgan fingerprint density at radius 1 is 0.905 bits per heavy atom. The van der Waals surface area contributed by atoms with E-state index in [-0.39, 0.29) is 17.7 Å². The second-order valence-corrected chi connectivity index (χ2v) is 12.6. The molecule has 3 saturated heterocycles. The van der Waals surface area contributed by atoms with Gasteiger partial charge in [-0.05, 0) is 94.9 Å². The number of piperidine rings is 2. The molecule has 42 heavy (non-hydrogen) atoms. The molecular formula is C33H44N6O3. The molecule has 0 spiro atoms. The van der Waals surface area contributed by atoms with E-state index in [0.29, 0.717) is 17.5 Å². The molecule has 6 rings (SSSR count). The molecule has 1 aromatic heterocycles. The van der Waals surface area contributed by atoms with Gasteiger partial charge in [-0.25, -0.2) is 0 Å². The van der Waals surface area contributed by atoms with Crippen LogP contribution in [0.5, 0.6) is 0 Å². The fourth-order valence-electron chi connectivity index (χ4n) is 7.30. The molecule has 0 atom stereocenters. The number of hydrogen-bond donors (Lipinski definition) is 2. The summed E-state index contributed by atoms with van der Waals surface area (Å²) in [7, 11) is 2.08. The Balaban J connectivity index is 1.17. The van der Waals surface area contributed by atoms with Crippen LogP contribution in [0.25, 0.3) is 11.6 Å². The molecule has 9 heteroatoms. The van der Waals surface area contributed by atoms with E-state index in [1.807, 2.05) is 35.8 Å². The molecule has 2 N–H and O–H groups in total. The summed E-state index contributed by atoms with van der Waals surface area (Å²) in [5.74, 6) is 0.607. The smallest absolute Gasteiger partial charge is 0.256 e. The molecule has 0 radical (unpaired) electrons. The van der Waals surface area contributed by atoms with Gasteiger partial charge in [0, 0.05) is 74.9 Å². The first kappa shape index (κ1) is 28.7. The number of likely N-dealkylation sites (N-methyl/N-ethyl adjacent to an activating group) is 1. The van der Waals surface area contributed by atoms with Gasteiger partial charge in [0.2, 0.25) is 5.91 Å². The van der Waals surface area contributed by atoms with E-state index >= 15 is 0 Å². The van der Waals surface area contributed by atoms with Gasteiger partial charge in [0.25, 0.3) is 11.8 Å². The Morgan fingerprint density at radius 2 is 1.60 bits per heavy atom. The SMILES string of the molecule is CC(=O)N1CCC(N2CCC(c3ccc4c(c3)/C(=C/c3[nH]c(C)c(C(=O)N5CCN(C)CC5)c3C)C(=O)N4)CC2)CC1. The minimum atomic E-state index is -0.104. The van der Waals surface area contributed by atoms with Crippen LogP contribution in [-0.2, 0) is 9.59 Å². The van der Waals surface area contributed by atoms with Crippen molar-refractivity contribution in [3.05, 3.63) is 51.8 Å². The number of fused-ring (bicyclic) bond motifs is 1. The summed E-state index contributed by atoms with van der Waals surface area (Å²) in [5, 5.41) is 3.04. The Hall–Kier alpha value is -3.43. The van der Waals surface area contributed by atoms with Crippen LogP contribution in [-0.4, -0.2) is 108 Å². The van der Waals surface area contributed by atoms with E-state index in [0.717, 1.165) is 112 Å². The van der Waals surface area contributed by atoms with Crippen LogP contribution in [0.2, 0.25) is 0 Å². The summed E-state index contributed by atoms with van der Waals surface area (Å²) < 4.78 is 0. The summed E-state index contributed by atoms with van der Waals surface area (Å²) >= 11 is 0. The van der Waals surface area contributed by atoms with Crippen molar-refractivity contribution >= 4 is 35.1 Å². The number of hydrogen-bond acceptors (Lipinski definition) is 5. The number of nitrogens with one attached hydrogen (secondary N) is 2. The van der Waals surface area contributed by atoms with E-state index in [4.69, 9.17) is 0 Å². The lowest BCUT2D eigenvalue weighted by molar-refractivity contribution is -0.130. The van der Waals surface area contributed by atoms with Crippen LogP contribution >= 0.6 is 0 Å². The quantitative estimate of drug-likeness (QED) is 0.546. The predicted octanol–water partition coefficient (Wildman–Crippen LogP) is 3.70. The van der Waals surface area contributed by atoms with Crippen molar-refractivity contribution in [3.8, 4) is 0 Å². The first-order chi connectivity index (χ1) is 20.2. The maximum absolute atomic E-state index is 13.4. The van der Waals surface area contributed by atoms with Gasteiger partial charge in [0.15, 0.2) is 0 Å². The number of carbonyl (C=O) groups excluding carboxylic acids is 3. The van der Waals surface area contributed by atoms with Crippen molar-refractivity contribution in [1.82, 2.24) is 24.6 Å². The van der Waals surface area contributed by atoms with Gasteiger partial charge in [0.1, 0.15) is 0 Å². The zero-order valence-corrected chi connectivity index (χ0v) is 25.5. The molecule has 0 bridgehead atoms. The number of anilines is 1. The lowest BCUT2D eigenvalue weighted by Gasteiger charge is -2.41. The number of piperazine rings is 1. The van der Waals surface area contributed by atoms with Crippen LogP contribution in [0, 0.1) is 13.8 Å². The van der Waals surface area contributed by atoms with Gasteiger partial charge in [0.05, 0.1) is 11.1 Å². The molecule has 0 saturated carbocycles. The Kier molecular flexibility index (Phi) is 7.98.